The van der Waals surface area contributed by atoms with Crippen molar-refractivity contribution in [2.24, 2.45) is 5.92 Å². The summed E-state index contributed by atoms with van der Waals surface area (Å²) >= 11 is 3.47. The quantitative estimate of drug-likeness (QED) is 0.794. The van der Waals surface area contributed by atoms with Crippen LogP contribution in [0.15, 0.2) is 28.7 Å². The lowest BCUT2D eigenvalue weighted by Gasteiger charge is -2.35. The van der Waals surface area contributed by atoms with E-state index in [1.807, 2.05) is 12.1 Å². The van der Waals surface area contributed by atoms with Crippen LogP contribution in [0.5, 0.6) is 0 Å². The van der Waals surface area contributed by atoms with Gasteiger partial charge in [0, 0.05) is 23.5 Å². The van der Waals surface area contributed by atoms with Gasteiger partial charge in [0.2, 0.25) is 5.91 Å². The number of benzene rings is 1. The first kappa shape index (κ1) is 18.7. The van der Waals surface area contributed by atoms with Crippen molar-refractivity contribution in [3.8, 4) is 0 Å². The van der Waals surface area contributed by atoms with Crippen molar-refractivity contribution in [1.82, 2.24) is 10.6 Å². The molecule has 4 nitrogen and oxygen atoms in total. The Labute approximate surface area is 152 Å². The standard InChI is InChI=1S/C17H23BrN2O2.ClH/c18-14-6-4-13(5-7-14)17(12-2-1-3-12)20-16(21)10-15-11-22-9-8-19-15;/h4-7,12,15,17,19H,1-3,8-11H2,(H,20,21);1H. The van der Waals surface area contributed by atoms with E-state index in [1.165, 1.54) is 24.8 Å². The second-order valence-electron chi connectivity index (χ2n) is 6.22. The van der Waals surface area contributed by atoms with Crippen LogP contribution in [-0.4, -0.2) is 31.7 Å². The Kier molecular flexibility index (Phi) is 7.34. The van der Waals surface area contributed by atoms with Crippen LogP contribution in [0.1, 0.15) is 37.3 Å². The van der Waals surface area contributed by atoms with Crippen LogP contribution in [0.4, 0.5) is 0 Å². The number of amides is 1. The molecule has 2 N–H and O–H groups in total. The molecule has 23 heavy (non-hydrogen) atoms. The summed E-state index contributed by atoms with van der Waals surface area (Å²) in [5.41, 5.74) is 1.20. The third kappa shape index (κ3) is 5.18. The first-order chi connectivity index (χ1) is 10.7. The smallest absolute Gasteiger partial charge is 0.222 e. The predicted octanol–water partition coefficient (Wildman–Crippen LogP) is 3.21. The maximum atomic E-state index is 12.4. The molecular weight excluding hydrogens is 380 g/mol. The summed E-state index contributed by atoms with van der Waals surface area (Å²) in [7, 11) is 0. The van der Waals surface area contributed by atoms with Crippen LogP contribution in [-0.2, 0) is 9.53 Å². The highest BCUT2D eigenvalue weighted by molar-refractivity contribution is 9.10. The van der Waals surface area contributed by atoms with Crippen molar-refractivity contribution < 1.29 is 9.53 Å². The molecule has 2 aliphatic rings. The molecule has 1 aliphatic carbocycles. The lowest BCUT2D eigenvalue weighted by atomic mass is 9.77. The fourth-order valence-corrected chi connectivity index (χ4v) is 3.39. The molecule has 0 spiro atoms. The van der Waals surface area contributed by atoms with E-state index in [-0.39, 0.29) is 30.4 Å². The zero-order chi connectivity index (χ0) is 15.4. The maximum absolute atomic E-state index is 12.4. The Hall–Kier alpha value is -0.620. The van der Waals surface area contributed by atoms with E-state index < -0.39 is 0 Å². The van der Waals surface area contributed by atoms with Crippen molar-refractivity contribution in [2.75, 3.05) is 19.8 Å². The molecule has 2 unspecified atom stereocenters. The first-order valence-corrected chi connectivity index (χ1v) is 8.87. The molecule has 3 rings (SSSR count). The average Bonchev–Trinajstić information content (AvgIpc) is 2.46. The Morgan fingerprint density at radius 1 is 1.35 bits per heavy atom. The van der Waals surface area contributed by atoms with Gasteiger partial charge >= 0.3 is 0 Å². The lowest BCUT2D eigenvalue weighted by molar-refractivity contribution is -0.123. The number of carbonyl (C=O) groups is 1. The molecule has 6 heteroatoms. The number of carbonyl (C=O) groups excluding carboxylic acids is 1. The second-order valence-corrected chi connectivity index (χ2v) is 7.13. The zero-order valence-electron chi connectivity index (χ0n) is 13.1. The number of nitrogens with one attached hydrogen (secondary N) is 2. The highest BCUT2D eigenvalue weighted by Crippen LogP contribution is 2.38. The van der Waals surface area contributed by atoms with Gasteiger partial charge in [0.05, 0.1) is 19.3 Å². The number of hydrogen-bond donors (Lipinski definition) is 2. The molecule has 0 aromatic heterocycles. The number of rotatable bonds is 5. The molecule has 1 aliphatic heterocycles. The van der Waals surface area contributed by atoms with Gasteiger partial charge in [0.25, 0.3) is 0 Å². The van der Waals surface area contributed by atoms with E-state index in [1.54, 1.807) is 0 Å². The molecule has 2 fully saturated rings. The Morgan fingerprint density at radius 3 is 2.65 bits per heavy atom. The van der Waals surface area contributed by atoms with Crippen molar-refractivity contribution >= 4 is 34.2 Å². The Morgan fingerprint density at radius 2 is 2.09 bits per heavy atom. The van der Waals surface area contributed by atoms with Crippen LogP contribution in [0, 0.1) is 5.92 Å². The topological polar surface area (TPSA) is 50.4 Å². The van der Waals surface area contributed by atoms with E-state index in [0.717, 1.165) is 17.6 Å². The van der Waals surface area contributed by atoms with Gasteiger partial charge in [-0.1, -0.05) is 34.5 Å². The monoisotopic (exact) mass is 402 g/mol. The Balaban J connectivity index is 0.00000192. The van der Waals surface area contributed by atoms with Gasteiger partial charge in [-0.15, -0.1) is 12.4 Å². The van der Waals surface area contributed by atoms with Gasteiger partial charge in [0.15, 0.2) is 0 Å². The molecule has 128 valence electrons. The van der Waals surface area contributed by atoms with Gasteiger partial charge in [0.1, 0.15) is 0 Å². The normalized spacial score (nSPS) is 22.6. The molecule has 0 bridgehead atoms. The number of hydrogen-bond acceptors (Lipinski definition) is 3. The minimum absolute atomic E-state index is 0. The van der Waals surface area contributed by atoms with Gasteiger partial charge < -0.3 is 15.4 Å². The molecule has 1 aromatic carbocycles. The van der Waals surface area contributed by atoms with E-state index in [0.29, 0.717) is 18.9 Å². The highest BCUT2D eigenvalue weighted by Gasteiger charge is 2.30. The van der Waals surface area contributed by atoms with Crippen LogP contribution < -0.4 is 10.6 Å². The summed E-state index contributed by atoms with van der Waals surface area (Å²) in [4.78, 5) is 12.4. The Bertz CT molecular complexity index is 502. The number of morpholine rings is 1. The predicted molar refractivity (Wildman–Crippen MR) is 96.8 cm³/mol. The van der Waals surface area contributed by atoms with Gasteiger partial charge in [-0.2, -0.15) is 0 Å². The van der Waals surface area contributed by atoms with Crippen molar-refractivity contribution in [2.45, 2.75) is 37.8 Å². The fourth-order valence-electron chi connectivity index (χ4n) is 3.12. The van der Waals surface area contributed by atoms with Crippen molar-refractivity contribution in [3.05, 3.63) is 34.3 Å². The summed E-state index contributed by atoms with van der Waals surface area (Å²) in [5.74, 6) is 0.684. The van der Waals surface area contributed by atoms with Crippen LogP contribution in [0.2, 0.25) is 0 Å². The summed E-state index contributed by atoms with van der Waals surface area (Å²) in [5, 5.41) is 6.59. The molecule has 1 aromatic rings. The van der Waals surface area contributed by atoms with Gasteiger partial charge in [-0.25, -0.2) is 0 Å². The molecule has 1 amide bonds. The highest BCUT2D eigenvalue weighted by atomic mass is 79.9. The molecule has 0 radical (unpaired) electrons. The SMILES string of the molecule is Cl.O=C(CC1COCCN1)NC(c1ccc(Br)cc1)C1CCC1. The number of halogens is 2. The average molecular weight is 404 g/mol. The summed E-state index contributed by atoms with van der Waals surface area (Å²) < 4.78 is 6.49. The summed E-state index contributed by atoms with van der Waals surface area (Å²) in [6, 6.07) is 8.58. The summed E-state index contributed by atoms with van der Waals surface area (Å²) in [6.07, 6.45) is 4.16. The van der Waals surface area contributed by atoms with Crippen LogP contribution >= 0.6 is 28.3 Å². The van der Waals surface area contributed by atoms with E-state index in [9.17, 15) is 4.79 Å². The van der Waals surface area contributed by atoms with Crippen LogP contribution in [0.25, 0.3) is 0 Å². The minimum atomic E-state index is 0. The third-order valence-corrected chi connectivity index (χ3v) is 5.13. The zero-order valence-corrected chi connectivity index (χ0v) is 15.5. The molecule has 1 saturated heterocycles. The molecule has 2 atom stereocenters. The third-order valence-electron chi connectivity index (χ3n) is 4.60. The lowest BCUT2D eigenvalue weighted by Crippen LogP contribution is -2.45. The first-order valence-electron chi connectivity index (χ1n) is 8.08. The second kappa shape index (κ2) is 9.02. The van der Waals surface area contributed by atoms with Crippen LogP contribution in [0.3, 0.4) is 0 Å². The molecule has 1 heterocycles. The van der Waals surface area contributed by atoms with E-state index in [4.69, 9.17) is 4.74 Å². The minimum Gasteiger partial charge on any atom is -0.378 e. The molecule has 1 saturated carbocycles. The van der Waals surface area contributed by atoms with Crippen molar-refractivity contribution in [1.29, 1.82) is 0 Å². The molecular formula is C17H24BrClN2O2. The maximum Gasteiger partial charge on any atom is 0.222 e. The van der Waals surface area contributed by atoms with E-state index >= 15 is 0 Å². The number of ether oxygens (including phenoxy) is 1. The largest absolute Gasteiger partial charge is 0.378 e. The van der Waals surface area contributed by atoms with Gasteiger partial charge in [-0.05, 0) is 36.5 Å². The van der Waals surface area contributed by atoms with Gasteiger partial charge in [-0.3, -0.25) is 4.79 Å². The van der Waals surface area contributed by atoms with Crippen molar-refractivity contribution in [3.63, 3.8) is 0 Å². The fraction of sp³-hybridized carbons (Fsp3) is 0.588. The van der Waals surface area contributed by atoms with E-state index in [2.05, 4.69) is 38.7 Å². The summed E-state index contributed by atoms with van der Waals surface area (Å²) in [6.45, 7) is 2.19.